The van der Waals surface area contributed by atoms with Gasteiger partial charge in [0.15, 0.2) is 0 Å². The highest BCUT2D eigenvalue weighted by Gasteiger charge is 2.43. The van der Waals surface area contributed by atoms with Gasteiger partial charge in [-0.2, -0.15) is 0 Å². The van der Waals surface area contributed by atoms with Crippen molar-refractivity contribution in [1.82, 2.24) is 9.13 Å². The van der Waals surface area contributed by atoms with Gasteiger partial charge < -0.3 is 20.6 Å². The summed E-state index contributed by atoms with van der Waals surface area (Å²) in [4.78, 5) is 25.2. The Kier molecular flexibility index (Phi) is 5.45. The SMILES string of the molecule is NC(=O)C(Cc1cccc(-n2cccc2)c1)(Cc1cccc(-n2cccc2)c1)C(N)=O. The van der Waals surface area contributed by atoms with Gasteiger partial charge in [-0.25, -0.2) is 0 Å². The maximum Gasteiger partial charge on any atom is 0.233 e. The molecule has 2 aromatic carbocycles. The highest BCUT2D eigenvalue weighted by molar-refractivity contribution is 6.04. The number of hydrogen-bond acceptors (Lipinski definition) is 2. The van der Waals surface area contributed by atoms with Crippen LogP contribution in [-0.2, 0) is 22.4 Å². The minimum atomic E-state index is -1.54. The van der Waals surface area contributed by atoms with Gasteiger partial charge in [-0.1, -0.05) is 24.3 Å². The van der Waals surface area contributed by atoms with Crippen LogP contribution in [0.15, 0.2) is 97.6 Å². The van der Waals surface area contributed by atoms with Gasteiger partial charge in [-0.05, 0) is 72.5 Å². The molecule has 2 heterocycles. The van der Waals surface area contributed by atoms with Crippen molar-refractivity contribution >= 4 is 11.8 Å². The van der Waals surface area contributed by atoms with E-state index >= 15 is 0 Å². The number of hydrogen-bond donors (Lipinski definition) is 2. The fraction of sp³-hybridized carbons (Fsp3) is 0.120. The second kappa shape index (κ2) is 8.36. The zero-order valence-corrected chi connectivity index (χ0v) is 17.0. The summed E-state index contributed by atoms with van der Waals surface area (Å²) in [6, 6.07) is 23.1. The number of aromatic nitrogens is 2. The highest BCUT2D eigenvalue weighted by Crippen LogP contribution is 2.29. The normalized spacial score (nSPS) is 11.4. The van der Waals surface area contributed by atoms with Crippen molar-refractivity contribution in [2.45, 2.75) is 12.8 Å². The predicted octanol–water partition coefficient (Wildman–Crippen LogP) is 3.01. The molecule has 156 valence electrons. The van der Waals surface area contributed by atoms with E-state index in [0.717, 1.165) is 22.5 Å². The highest BCUT2D eigenvalue weighted by atomic mass is 16.2. The van der Waals surface area contributed by atoms with Crippen LogP contribution in [-0.4, -0.2) is 20.9 Å². The molecule has 2 amide bonds. The van der Waals surface area contributed by atoms with Crippen molar-refractivity contribution in [2.75, 3.05) is 0 Å². The van der Waals surface area contributed by atoms with Gasteiger partial charge in [0.25, 0.3) is 0 Å². The van der Waals surface area contributed by atoms with Crippen molar-refractivity contribution in [3.63, 3.8) is 0 Å². The molecule has 6 nitrogen and oxygen atoms in total. The van der Waals surface area contributed by atoms with E-state index in [0.29, 0.717) is 0 Å². The lowest BCUT2D eigenvalue weighted by molar-refractivity contribution is -0.139. The Morgan fingerprint density at radius 1 is 0.645 bits per heavy atom. The van der Waals surface area contributed by atoms with Crippen molar-refractivity contribution in [2.24, 2.45) is 16.9 Å². The largest absolute Gasteiger partial charge is 0.369 e. The van der Waals surface area contributed by atoms with Gasteiger partial charge in [-0.3, -0.25) is 9.59 Å². The third kappa shape index (κ3) is 4.14. The number of carbonyl (C=O) groups is 2. The Morgan fingerprint density at radius 3 is 1.39 bits per heavy atom. The summed E-state index contributed by atoms with van der Waals surface area (Å²) in [5, 5.41) is 0. The van der Waals surface area contributed by atoms with Crippen LogP contribution < -0.4 is 11.5 Å². The predicted molar refractivity (Wildman–Crippen MR) is 120 cm³/mol. The summed E-state index contributed by atoms with van der Waals surface area (Å²) in [6.45, 7) is 0. The number of carbonyl (C=O) groups excluding carboxylic acids is 2. The van der Waals surface area contributed by atoms with E-state index in [4.69, 9.17) is 11.5 Å². The van der Waals surface area contributed by atoms with E-state index in [1.54, 1.807) is 0 Å². The molecule has 0 bridgehead atoms. The van der Waals surface area contributed by atoms with E-state index in [9.17, 15) is 9.59 Å². The van der Waals surface area contributed by atoms with Gasteiger partial charge in [-0.15, -0.1) is 0 Å². The number of amides is 2. The lowest BCUT2D eigenvalue weighted by Crippen LogP contribution is -2.50. The molecule has 0 saturated heterocycles. The molecule has 0 radical (unpaired) electrons. The zero-order valence-electron chi connectivity index (χ0n) is 17.0. The van der Waals surface area contributed by atoms with Crippen LogP contribution in [0.4, 0.5) is 0 Å². The maximum absolute atomic E-state index is 12.6. The van der Waals surface area contributed by atoms with Crippen LogP contribution in [0.5, 0.6) is 0 Å². The summed E-state index contributed by atoms with van der Waals surface area (Å²) >= 11 is 0. The number of rotatable bonds is 8. The molecule has 0 spiro atoms. The molecular formula is C25H24N4O2. The van der Waals surface area contributed by atoms with Gasteiger partial charge >= 0.3 is 0 Å². The lowest BCUT2D eigenvalue weighted by atomic mass is 9.75. The number of benzene rings is 2. The summed E-state index contributed by atoms with van der Waals surface area (Å²) in [6.07, 6.45) is 7.98. The Morgan fingerprint density at radius 2 is 1.03 bits per heavy atom. The molecule has 31 heavy (non-hydrogen) atoms. The van der Waals surface area contributed by atoms with E-state index in [2.05, 4.69) is 0 Å². The topological polar surface area (TPSA) is 96.0 Å². The summed E-state index contributed by atoms with van der Waals surface area (Å²) in [5.41, 5.74) is 13.5. The van der Waals surface area contributed by atoms with Crippen molar-refractivity contribution in [3.05, 3.63) is 109 Å². The molecule has 0 fully saturated rings. The van der Waals surface area contributed by atoms with Crippen molar-refractivity contribution < 1.29 is 9.59 Å². The summed E-state index contributed by atoms with van der Waals surface area (Å²) < 4.78 is 3.92. The van der Waals surface area contributed by atoms with E-state index in [1.165, 1.54) is 0 Å². The minimum absolute atomic E-state index is 0.126. The molecule has 4 N–H and O–H groups in total. The lowest BCUT2D eigenvalue weighted by Gasteiger charge is -2.28. The van der Waals surface area contributed by atoms with Crippen LogP contribution in [0, 0.1) is 5.41 Å². The first-order valence-corrected chi connectivity index (χ1v) is 10.0. The van der Waals surface area contributed by atoms with Crippen LogP contribution in [0.1, 0.15) is 11.1 Å². The monoisotopic (exact) mass is 412 g/mol. The molecular weight excluding hydrogens is 388 g/mol. The molecule has 0 saturated carbocycles. The number of primary amides is 2. The molecule has 0 atom stereocenters. The fourth-order valence-corrected chi connectivity index (χ4v) is 3.90. The average molecular weight is 412 g/mol. The Hall–Kier alpha value is -4.06. The van der Waals surface area contributed by atoms with E-state index in [-0.39, 0.29) is 12.8 Å². The van der Waals surface area contributed by atoms with Gasteiger partial charge in [0.2, 0.25) is 11.8 Å². The Labute approximate surface area is 180 Å². The molecule has 0 aliphatic rings. The standard InChI is InChI=1S/C25H24N4O2/c26-23(30)25(24(27)31,17-19-7-5-9-21(15-19)28-11-1-2-12-28)18-20-8-6-10-22(16-20)29-13-3-4-14-29/h1-16H,17-18H2,(H2,26,30)(H2,27,31). The Bertz CT molecular complexity index is 1100. The smallest absolute Gasteiger partial charge is 0.233 e. The van der Waals surface area contributed by atoms with Crippen LogP contribution in [0.25, 0.3) is 11.4 Å². The first-order chi connectivity index (χ1) is 15.0. The maximum atomic E-state index is 12.6. The van der Waals surface area contributed by atoms with Gasteiger partial charge in [0.1, 0.15) is 5.41 Å². The number of nitrogens with two attached hydrogens (primary N) is 2. The first kappa shape index (κ1) is 20.2. The summed E-state index contributed by atoms with van der Waals surface area (Å²) in [7, 11) is 0. The fourth-order valence-electron chi connectivity index (χ4n) is 3.90. The average Bonchev–Trinajstić information content (AvgIpc) is 3.47. The van der Waals surface area contributed by atoms with Crippen LogP contribution >= 0.6 is 0 Å². The van der Waals surface area contributed by atoms with Gasteiger partial charge in [0, 0.05) is 36.2 Å². The first-order valence-electron chi connectivity index (χ1n) is 10.0. The third-order valence-corrected chi connectivity index (χ3v) is 5.58. The van der Waals surface area contributed by atoms with Crippen LogP contribution in [0.3, 0.4) is 0 Å². The molecule has 0 unspecified atom stereocenters. The quantitative estimate of drug-likeness (QED) is 0.435. The molecule has 0 aliphatic carbocycles. The van der Waals surface area contributed by atoms with Gasteiger partial charge in [0.05, 0.1) is 0 Å². The molecule has 4 aromatic rings. The molecule has 2 aromatic heterocycles. The number of nitrogens with zero attached hydrogens (tertiary/aromatic N) is 2. The van der Waals surface area contributed by atoms with Crippen molar-refractivity contribution in [1.29, 1.82) is 0 Å². The van der Waals surface area contributed by atoms with Crippen LogP contribution in [0.2, 0.25) is 0 Å². The molecule has 4 rings (SSSR count). The van der Waals surface area contributed by atoms with Crippen molar-refractivity contribution in [3.8, 4) is 11.4 Å². The molecule has 6 heteroatoms. The Balaban J connectivity index is 1.69. The van der Waals surface area contributed by atoms with E-state index in [1.807, 2.05) is 107 Å². The minimum Gasteiger partial charge on any atom is -0.369 e. The second-order valence-corrected chi connectivity index (χ2v) is 7.68. The molecule has 0 aliphatic heterocycles. The van der Waals surface area contributed by atoms with E-state index < -0.39 is 17.2 Å². The second-order valence-electron chi connectivity index (χ2n) is 7.68. The zero-order chi connectivity index (χ0) is 21.8. The third-order valence-electron chi connectivity index (χ3n) is 5.58. The summed E-state index contributed by atoms with van der Waals surface area (Å²) in [5.74, 6) is -1.45.